The first kappa shape index (κ1) is 14.5. The maximum absolute atomic E-state index is 12.5. The SMILES string of the molecule is C[C@@H](NC(=O)c1cc(=O)c2ccccc2o1)[C@@H]1C[C@H]2CC[C@H]1C2. The molecule has 1 aromatic carbocycles. The molecule has 1 aromatic heterocycles. The Kier molecular flexibility index (Phi) is 3.47. The first-order chi connectivity index (χ1) is 11.1. The fourth-order valence-corrected chi connectivity index (χ4v) is 4.51. The molecular weight excluding hydrogens is 290 g/mol. The second-order valence-corrected chi connectivity index (χ2v) is 7.07. The molecule has 4 rings (SSSR count). The zero-order valence-electron chi connectivity index (χ0n) is 13.2. The van der Waals surface area contributed by atoms with Gasteiger partial charge in [0.1, 0.15) is 5.58 Å². The summed E-state index contributed by atoms with van der Waals surface area (Å²) in [6.07, 6.45) is 5.17. The second kappa shape index (κ2) is 5.52. The summed E-state index contributed by atoms with van der Waals surface area (Å²) >= 11 is 0. The number of fused-ring (bicyclic) bond motifs is 3. The molecule has 120 valence electrons. The molecule has 0 aliphatic heterocycles. The number of amides is 1. The lowest BCUT2D eigenvalue weighted by Gasteiger charge is -2.28. The van der Waals surface area contributed by atoms with Crippen LogP contribution in [0.2, 0.25) is 0 Å². The van der Waals surface area contributed by atoms with E-state index in [1.165, 1.54) is 31.7 Å². The zero-order chi connectivity index (χ0) is 16.0. The molecule has 0 spiro atoms. The molecule has 2 aromatic rings. The Morgan fingerprint density at radius 2 is 2.09 bits per heavy atom. The van der Waals surface area contributed by atoms with Gasteiger partial charge in [0.25, 0.3) is 5.91 Å². The molecule has 2 saturated carbocycles. The number of hydrogen-bond acceptors (Lipinski definition) is 3. The molecule has 4 atom stereocenters. The largest absolute Gasteiger partial charge is 0.451 e. The van der Waals surface area contributed by atoms with Gasteiger partial charge in [-0.15, -0.1) is 0 Å². The quantitative estimate of drug-likeness (QED) is 0.945. The van der Waals surface area contributed by atoms with Crippen LogP contribution < -0.4 is 10.7 Å². The van der Waals surface area contributed by atoms with Crippen molar-refractivity contribution in [2.45, 2.75) is 38.6 Å². The fraction of sp³-hybridized carbons (Fsp3) is 0.474. The molecule has 2 aliphatic carbocycles. The highest BCUT2D eigenvalue weighted by atomic mass is 16.3. The summed E-state index contributed by atoms with van der Waals surface area (Å²) in [7, 11) is 0. The maximum Gasteiger partial charge on any atom is 0.287 e. The van der Waals surface area contributed by atoms with Crippen molar-refractivity contribution >= 4 is 16.9 Å². The van der Waals surface area contributed by atoms with E-state index >= 15 is 0 Å². The van der Waals surface area contributed by atoms with Crippen LogP contribution in [0.3, 0.4) is 0 Å². The van der Waals surface area contributed by atoms with Crippen LogP contribution in [0.5, 0.6) is 0 Å². The Balaban J connectivity index is 1.54. The molecule has 4 heteroatoms. The Morgan fingerprint density at radius 3 is 2.83 bits per heavy atom. The minimum Gasteiger partial charge on any atom is -0.451 e. The van der Waals surface area contributed by atoms with Crippen molar-refractivity contribution in [1.29, 1.82) is 0 Å². The van der Waals surface area contributed by atoms with E-state index in [4.69, 9.17) is 4.42 Å². The molecule has 2 aliphatic rings. The number of benzene rings is 1. The molecule has 4 nitrogen and oxygen atoms in total. The highest BCUT2D eigenvalue weighted by Gasteiger charge is 2.42. The second-order valence-electron chi connectivity index (χ2n) is 7.07. The third-order valence-electron chi connectivity index (χ3n) is 5.65. The molecule has 2 bridgehead atoms. The van der Waals surface area contributed by atoms with E-state index < -0.39 is 0 Å². The smallest absolute Gasteiger partial charge is 0.287 e. The van der Waals surface area contributed by atoms with Crippen LogP contribution in [-0.4, -0.2) is 11.9 Å². The zero-order valence-corrected chi connectivity index (χ0v) is 13.2. The Labute approximate surface area is 134 Å². The molecule has 23 heavy (non-hydrogen) atoms. The standard InChI is InChI=1S/C19H21NO3/c1-11(15-9-12-6-7-13(15)8-12)20-19(22)18-10-16(21)14-4-2-3-5-17(14)23-18/h2-5,10-13,15H,6-9H2,1H3,(H,20,22)/t11-,12+,13+,15+/m1/s1. The lowest BCUT2D eigenvalue weighted by molar-refractivity contribution is 0.0887. The molecule has 0 saturated heterocycles. The summed E-state index contributed by atoms with van der Waals surface area (Å²) in [4.78, 5) is 24.6. The number of nitrogens with one attached hydrogen (secondary N) is 1. The van der Waals surface area contributed by atoms with Crippen LogP contribution in [0.15, 0.2) is 39.5 Å². The van der Waals surface area contributed by atoms with Gasteiger partial charge in [0.05, 0.1) is 5.39 Å². The summed E-state index contributed by atoms with van der Waals surface area (Å²) in [5.74, 6) is 1.97. The van der Waals surface area contributed by atoms with E-state index in [0.717, 1.165) is 11.8 Å². The van der Waals surface area contributed by atoms with Gasteiger partial charge in [-0.05, 0) is 56.1 Å². The fourth-order valence-electron chi connectivity index (χ4n) is 4.51. The van der Waals surface area contributed by atoms with Crippen molar-refractivity contribution in [2.24, 2.45) is 17.8 Å². The predicted molar refractivity (Wildman–Crippen MR) is 88.4 cm³/mol. The molecule has 2 fully saturated rings. The molecule has 0 radical (unpaired) electrons. The van der Waals surface area contributed by atoms with Gasteiger partial charge in [-0.2, -0.15) is 0 Å². The third kappa shape index (κ3) is 2.56. The van der Waals surface area contributed by atoms with Crippen molar-refractivity contribution in [3.63, 3.8) is 0 Å². The highest BCUT2D eigenvalue weighted by Crippen LogP contribution is 2.49. The summed E-state index contributed by atoms with van der Waals surface area (Å²) in [6.45, 7) is 2.07. The van der Waals surface area contributed by atoms with Crippen LogP contribution in [0, 0.1) is 17.8 Å². The van der Waals surface area contributed by atoms with Gasteiger partial charge < -0.3 is 9.73 Å². The molecule has 1 heterocycles. The van der Waals surface area contributed by atoms with E-state index in [1.807, 2.05) is 0 Å². The Bertz CT molecular complexity index is 810. The van der Waals surface area contributed by atoms with E-state index in [1.54, 1.807) is 24.3 Å². The van der Waals surface area contributed by atoms with Gasteiger partial charge in [-0.25, -0.2) is 0 Å². The minimum atomic E-state index is -0.289. The van der Waals surface area contributed by atoms with Crippen molar-refractivity contribution in [3.05, 3.63) is 46.3 Å². The van der Waals surface area contributed by atoms with E-state index in [0.29, 0.717) is 16.9 Å². The lowest BCUT2D eigenvalue weighted by Crippen LogP contribution is -2.40. The number of hydrogen-bond donors (Lipinski definition) is 1. The van der Waals surface area contributed by atoms with Crippen LogP contribution >= 0.6 is 0 Å². The summed E-state index contributed by atoms with van der Waals surface area (Å²) < 4.78 is 5.62. The topological polar surface area (TPSA) is 59.3 Å². The first-order valence-electron chi connectivity index (χ1n) is 8.45. The number of carbonyl (C=O) groups is 1. The van der Waals surface area contributed by atoms with Crippen molar-refractivity contribution in [2.75, 3.05) is 0 Å². The molecule has 0 unspecified atom stereocenters. The Morgan fingerprint density at radius 1 is 1.26 bits per heavy atom. The maximum atomic E-state index is 12.5. The highest BCUT2D eigenvalue weighted by molar-refractivity contribution is 5.93. The van der Waals surface area contributed by atoms with Gasteiger partial charge in [0, 0.05) is 12.1 Å². The minimum absolute atomic E-state index is 0.101. The van der Waals surface area contributed by atoms with Gasteiger partial charge in [-0.1, -0.05) is 18.6 Å². The lowest BCUT2D eigenvalue weighted by atomic mass is 9.84. The average Bonchev–Trinajstić information content (AvgIpc) is 3.18. The molecular formula is C19H21NO3. The van der Waals surface area contributed by atoms with Gasteiger partial charge >= 0.3 is 0 Å². The van der Waals surface area contributed by atoms with Crippen LogP contribution in [0.4, 0.5) is 0 Å². The van der Waals surface area contributed by atoms with Gasteiger partial charge in [0.2, 0.25) is 0 Å². The van der Waals surface area contributed by atoms with Crippen LogP contribution in [0.25, 0.3) is 11.0 Å². The van der Waals surface area contributed by atoms with Gasteiger partial charge in [-0.3, -0.25) is 9.59 Å². The molecule has 1 N–H and O–H groups in total. The summed E-state index contributed by atoms with van der Waals surface area (Å²) in [6, 6.07) is 8.43. The normalized spacial score (nSPS) is 27.3. The predicted octanol–water partition coefficient (Wildman–Crippen LogP) is 3.35. The van der Waals surface area contributed by atoms with Crippen molar-refractivity contribution < 1.29 is 9.21 Å². The van der Waals surface area contributed by atoms with Crippen molar-refractivity contribution in [3.8, 4) is 0 Å². The van der Waals surface area contributed by atoms with E-state index in [9.17, 15) is 9.59 Å². The summed E-state index contributed by atoms with van der Waals surface area (Å²) in [5.41, 5.74) is 0.280. The number of rotatable bonds is 3. The monoisotopic (exact) mass is 311 g/mol. The summed E-state index contributed by atoms with van der Waals surface area (Å²) in [5, 5.41) is 3.55. The third-order valence-corrected chi connectivity index (χ3v) is 5.65. The number of para-hydroxylation sites is 1. The van der Waals surface area contributed by atoms with E-state index in [-0.39, 0.29) is 23.1 Å². The van der Waals surface area contributed by atoms with Crippen LogP contribution in [0.1, 0.15) is 43.2 Å². The first-order valence-corrected chi connectivity index (χ1v) is 8.45. The van der Waals surface area contributed by atoms with E-state index in [2.05, 4.69) is 12.2 Å². The number of carbonyl (C=O) groups excluding carboxylic acids is 1. The van der Waals surface area contributed by atoms with Gasteiger partial charge in [0.15, 0.2) is 11.2 Å². The molecule has 1 amide bonds. The Hall–Kier alpha value is -2.10. The average molecular weight is 311 g/mol. The van der Waals surface area contributed by atoms with Crippen LogP contribution in [-0.2, 0) is 0 Å². The van der Waals surface area contributed by atoms with Crippen molar-refractivity contribution in [1.82, 2.24) is 5.32 Å².